The fourth-order valence-corrected chi connectivity index (χ4v) is 2.23. The summed E-state index contributed by atoms with van der Waals surface area (Å²) in [5.74, 6) is -0.0408. The molecule has 0 bridgehead atoms. The van der Waals surface area contributed by atoms with Gasteiger partial charge in [0.2, 0.25) is 5.91 Å². The molecule has 1 aromatic carbocycles. The van der Waals surface area contributed by atoms with Crippen molar-refractivity contribution in [1.29, 1.82) is 0 Å². The molecule has 6 nitrogen and oxygen atoms in total. The van der Waals surface area contributed by atoms with Crippen molar-refractivity contribution in [2.45, 2.75) is 19.4 Å². The van der Waals surface area contributed by atoms with Crippen LogP contribution >= 0.6 is 0 Å². The SMILES string of the molecule is CCOc1c(N)cccc1C(=O)NC1CCN(C)C1=O. The highest BCUT2D eigenvalue weighted by atomic mass is 16.5. The lowest BCUT2D eigenvalue weighted by Crippen LogP contribution is -2.40. The van der Waals surface area contributed by atoms with E-state index < -0.39 is 6.04 Å². The number of carbonyl (C=O) groups excluding carboxylic acids is 2. The van der Waals surface area contributed by atoms with E-state index in [1.54, 1.807) is 30.1 Å². The Morgan fingerprint density at radius 1 is 1.55 bits per heavy atom. The molecule has 1 atom stereocenters. The predicted molar refractivity (Wildman–Crippen MR) is 75.5 cm³/mol. The van der Waals surface area contributed by atoms with Gasteiger partial charge in [0, 0.05) is 13.6 Å². The number of amides is 2. The molecule has 0 radical (unpaired) electrons. The van der Waals surface area contributed by atoms with Crippen LogP contribution in [-0.2, 0) is 4.79 Å². The van der Waals surface area contributed by atoms with Crippen LogP contribution in [-0.4, -0.2) is 43.0 Å². The number of hydrogen-bond donors (Lipinski definition) is 2. The monoisotopic (exact) mass is 277 g/mol. The summed E-state index contributed by atoms with van der Waals surface area (Å²) >= 11 is 0. The summed E-state index contributed by atoms with van der Waals surface area (Å²) < 4.78 is 5.42. The number of nitrogens with one attached hydrogen (secondary N) is 1. The summed E-state index contributed by atoms with van der Waals surface area (Å²) in [6, 6.07) is 4.54. The van der Waals surface area contributed by atoms with Crippen LogP contribution in [0.15, 0.2) is 18.2 Å². The van der Waals surface area contributed by atoms with Crippen molar-refractivity contribution in [1.82, 2.24) is 10.2 Å². The van der Waals surface area contributed by atoms with Crippen molar-refractivity contribution in [2.24, 2.45) is 0 Å². The summed E-state index contributed by atoms with van der Waals surface area (Å²) in [4.78, 5) is 25.7. The molecule has 1 saturated heterocycles. The van der Waals surface area contributed by atoms with E-state index >= 15 is 0 Å². The molecule has 6 heteroatoms. The van der Waals surface area contributed by atoms with E-state index in [9.17, 15) is 9.59 Å². The van der Waals surface area contributed by atoms with Crippen LogP contribution in [0.3, 0.4) is 0 Å². The van der Waals surface area contributed by atoms with Crippen LogP contribution in [0.25, 0.3) is 0 Å². The van der Waals surface area contributed by atoms with Crippen molar-refractivity contribution < 1.29 is 14.3 Å². The van der Waals surface area contributed by atoms with Crippen LogP contribution in [0.4, 0.5) is 5.69 Å². The van der Waals surface area contributed by atoms with Crippen LogP contribution in [0.5, 0.6) is 5.75 Å². The fraction of sp³-hybridized carbons (Fsp3) is 0.429. The topological polar surface area (TPSA) is 84.7 Å². The van der Waals surface area contributed by atoms with Gasteiger partial charge in [-0.2, -0.15) is 0 Å². The third-order valence-electron chi connectivity index (χ3n) is 3.31. The van der Waals surface area contributed by atoms with Crippen LogP contribution in [0.1, 0.15) is 23.7 Å². The maximum absolute atomic E-state index is 12.3. The molecular formula is C14H19N3O3. The van der Waals surface area contributed by atoms with Gasteiger partial charge in [0.05, 0.1) is 17.9 Å². The Kier molecular flexibility index (Phi) is 4.12. The molecule has 1 heterocycles. The number of likely N-dealkylation sites (N-methyl/N-ethyl adjacent to an activating group) is 1. The molecule has 108 valence electrons. The second kappa shape index (κ2) is 5.81. The quantitative estimate of drug-likeness (QED) is 0.790. The van der Waals surface area contributed by atoms with E-state index in [4.69, 9.17) is 10.5 Å². The molecular weight excluding hydrogens is 258 g/mol. The molecule has 0 aromatic heterocycles. The standard InChI is InChI=1S/C14H19N3O3/c1-3-20-12-9(5-4-6-10(12)15)13(18)16-11-7-8-17(2)14(11)19/h4-6,11H,3,7-8,15H2,1-2H3,(H,16,18). The van der Waals surface area contributed by atoms with Gasteiger partial charge in [-0.15, -0.1) is 0 Å². The zero-order valence-corrected chi connectivity index (χ0v) is 11.7. The summed E-state index contributed by atoms with van der Waals surface area (Å²) in [5.41, 5.74) is 6.59. The lowest BCUT2D eigenvalue weighted by atomic mass is 10.1. The molecule has 20 heavy (non-hydrogen) atoms. The van der Waals surface area contributed by atoms with E-state index in [-0.39, 0.29) is 11.8 Å². The number of benzene rings is 1. The van der Waals surface area contributed by atoms with E-state index in [0.29, 0.717) is 36.6 Å². The first kappa shape index (κ1) is 14.2. The number of nitrogens with zero attached hydrogens (tertiary/aromatic N) is 1. The number of nitrogens with two attached hydrogens (primary N) is 1. The molecule has 1 aliphatic heterocycles. The van der Waals surface area contributed by atoms with E-state index in [0.717, 1.165) is 0 Å². The number of likely N-dealkylation sites (tertiary alicyclic amines) is 1. The zero-order valence-electron chi connectivity index (χ0n) is 11.7. The van der Waals surface area contributed by atoms with E-state index in [2.05, 4.69) is 5.32 Å². The first-order valence-corrected chi connectivity index (χ1v) is 6.61. The number of rotatable bonds is 4. The van der Waals surface area contributed by atoms with Gasteiger partial charge >= 0.3 is 0 Å². The first-order chi connectivity index (χ1) is 9.54. The Hall–Kier alpha value is -2.24. The number of anilines is 1. The molecule has 1 aliphatic rings. The van der Waals surface area contributed by atoms with Crippen molar-refractivity contribution in [3.63, 3.8) is 0 Å². The Balaban J connectivity index is 2.17. The Morgan fingerprint density at radius 2 is 2.30 bits per heavy atom. The maximum Gasteiger partial charge on any atom is 0.255 e. The highest BCUT2D eigenvalue weighted by Gasteiger charge is 2.31. The molecule has 2 amide bonds. The number of nitrogen functional groups attached to an aromatic ring is 1. The molecule has 0 saturated carbocycles. The molecule has 1 aromatic rings. The number of hydrogen-bond acceptors (Lipinski definition) is 4. The van der Waals surface area contributed by atoms with Crippen molar-refractivity contribution >= 4 is 17.5 Å². The normalized spacial score (nSPS) is 18.2. The second-order valence-corrected chi connectivity index (χ2v) is 4.73. The van der Waals surface area contributed by atoms with Gasteiger partial charge in [-0.3, -0.25) is 9.59 Å². The Bertz CT molecular complexity index is 530. The van der Waals surface area contributed by atoms with Crippen molar-refractivity contribution in [3.8, 4) is 5.75 Å². The highest BCUT2D eigenvalue weighted by molar-refractivity contribution is 6.01. The molecule has 1 unspecified atom stereocenters. The summed E-state index contributed by atoms with van der Waals surface area (Å²) in [6.45, 7) is 2.89. The van der Waals surface area contributed by atoms with Crippen LogP contribution in [0, 0.1) is 0 Å². The largest absolute Gasteiger partial charge is 0.491 e. The van der Waals surface area contributed by atoms with Gasteiger partial charge in [0.25, 0.3) is 5.91 Å². The summed E-state index contributed by atoms with van der Waals surface area (Å²) in [6.07, 6.45) is 0.618. The number of carbonyl (C=O) groups is 2. The van der Waals surface area contributed by atoms with Crippen molar-refractivity contribution in [2.75, 3.05) is 25.9 Å². The van der Waals surface area contributed by atoms with Gasteiger partial charge in [-0.1, -0.05) is 6.07 Å². The molecule has 0 aliphatic carbocycles. The van der Waals surface area contributed by atoms with Gasteiger partial charge in [0.1, 0.15) is 6.04 Å². The van der Waals surface area contributed by atoms with Gasteiger partial charge < -0.3 is 20.7 Å². The minimum absolute atomic E-state index is 0.0692. The third kappa shape index (κ3) is 2.68. The molecule has 0 spiro atoms. The van der Waals surface area contributed by atoms with E-state index in [1.807, 2.05) is 6.92 Å². The third-order valence-corrected chi connectivity index (χ3v) is 3.31. The minimum Gasteiger partial charge on any atom is -0.491 e. The summed E-state index contributed by atoms with van der Waals surface area (Å²) in [5, 5.41) is 2.74. The second-order valence-electron chi connectivity index (χ2n) is 4.73. The summed E-state index contributed by atoms with van der Waals surface area (Å²) in [7, 11) is 1.72. The lowest BCUT2D eigenvalue weighted by Gasteiger charge is -2.15. The predicted octanol–water partition coefficient (Wildman–Crippen LogP) is 0.628. The number of para-hydroxylation sites is 1. The maximum atomic E-state index is 12.3. The lowest BCUT2D eigenvalue weighted by molar-refractivity contribution is -0.128. The molecule has 3 N–H and O–H groups in total. The van der Waals surface area contributed by atoms with Gasteiger partial charge in [-0.05, 0) is 25.5 Å². The molecule has 2 rings (SSSR count). The average Bonchev–Trinajstić information content (AvgIpc) is 2.73. The van der Waals surface area contributed by atoms with Crippen molar-refractivity contribution in [3.05, 3.63) is 23.8 Å². The average molecular weight is 277 g/mol. The molecule has 1 fully saturated rings. The first-order valence-electron chi connectivity index (χ1n) is 6.61. The van der Waals surface area contributed by atoms with E-state index in [1.165, 1.54) is 0 Å². The van der Waals surface area contributed by atoms with Crippen LogP contribution < -0.4 is 15.8 Å². The number of ether oxygens (including phenoxy) is 1. The van der Waals surface area contributed by atoms with Crippen LogP contribution in [0.2, 0.25) is 0 Å². The highest BCUT2D eigenvalue weighted by Crippen LogP contribution is 2.26. The minimum atomic E-state index is -0.469. The van der Waals surface area contributed by atoms with Gasteiger partial charge in [0.15, 0.2) is 5.75 Å². The Labute approximate surface area is 117 Å². The van der Waals surface area contributed by atoms with Gasteiger partial charge in [-0.25, -0.2) is 0 Å². The smallest absolute Gasteiger partial charge is 0.255 e. The Morgan fingerprint density at radius 3 is 2.90 bits per heavy atom. The fourth-order valence-electron chi connectivity index (χ4n) is 2.23. The zero-order chi connectivity index (χ0) is 14.7.